The molecule has 9 heteroatoms. The SMILES string of the molecule is CCc1cc2c(=O)n(CC(=O)N3N=C(c4ccco4)CC3c3cccs3)cnc2s1. The van der Waals surface area contributed by atoms with Gasteiger partial charge in [-0.25, -0.2) is 9.99 Å². The predicted molar refractivity (Wildman–Crippen MR) is 117 cm³/mol. The van der Waals surface area contributed by atoms with Crippen LogP contribution in [0.4, 0.5) is 0 Å². The lowest BCUT2D eigenvalue weighted by molar-refractivity contribution is -0.133. The fourth-order valence-corrected chi connectivity index (χ4v) is 5.29. The predicted octanol–water partition coefficient (Wildman–Crippen LogP) is 4.05. The lowest BCUT2D eigenvalue weighted by Gasteiger charge is -2.21. The molecule has 0 fully saturated rings. The molecule has 0 saturated heterocycles. The van der Waals surface area contributed by atoms with Gasteiger partial charge >= 0.3 is 0 Å². The Morgan fingerprint density at radius 2 is 2.23 bits per heavy atom. The summed E-state index contributed by atoms with van der Waals surface area (Å²) in [5.41, 5.74) is 0.518. The molecular weight excluding hydrogens is 420 g/mol. The summed E-state index contributed by atoms with van der Waals surface area (Å²) < 4.78 is 6.84. The van der Waals surface area contributed by atoms with Gasteiger partial charge in [0.1, 0.15) is 22.8 Å². The van der Waals surface area contributed by atoms with Crippen molar-refractivity contribution in [2.75, 3.05) is 0 Å². The largest absolute Gasteiger partial charge is 0.463 e. The van der Waals surface area contributed by atoms with Crippen molar-refractivity contribution in [2.45, 2.75) is 32.4 Å². The maximum atomic E-state index is 13.2. The number of hydrogen-bond acceptors (Lipinski definition) is 7. The van der Waals surface area contributed by atoms with Crippen molar-refractivity contribution in [2.24, 2.45) is 5.10 Å². The minimum Gasteiger partial charge on any atom is -0.463 e. The van der Waals surface area contributed by atoms with Crippen molar-refractivity contribution in [3.8, 4) is 0 Å². The zero-order valence-electron chi connectivity index (χ0n) is 16.1. The Morgan fingerprint density at radius 3 is 2.97 bits per heavy atom. The molecule has 30 heavy (non-hydrogen) atoms. The van der Waals surface area contributed by atoms with Crippen LogP contribution in [0.1, 0.15) is 34.9 Å². The van der Waals surface area contributed by atoms with Gasteiger partial charge in [0.05, 0.1) is 24.0 Å². The number of rotatable bonds is 5. The highest BCUT2D eigenvalue weighted by molar-refractivity contribution is 7.18. The highest BCUT2D eigenvalue weighted by Crippen LogP contribution is 2.35. The van der Waals surface area contributed by atoms with Crippen molar-refractivity contribution in [3.05, 3.63) is 74.2 Å². The van der Waals surface area contributed by atoms with Gasteiger partial charge in [0.25, 0.3) is 11.5 Å². The van der Waals surface area contributed by atoms with Crippen molar-refractivity contribution >= 4 is 44.5 Å². The van der Waals surface area contributed by atoms with Crippen LogP contribution < -0.4 is 5.56 Å². The number of amides is 1. The van der Waals surface area contributed by atoms with Gasteiger partial charge in [-0.3, -0.25) is 14.2 Å². The summed E-state index contributed by atoms with van der Waals surface area (Å²) >= 11 is 3.09. The van der Waals surface area contributed by atoms with Gasteiger partial charge in [-0.1, -0.05) is 13.0 Å². The Bertz CT molecular complexity index is 1290. The van der Waals surface area contributed by atoms with Crippen LogP contribution in [0.2, 0.25) is 0 Å². The van der Waals surface area contributed by atoms with Gasteiger partial charge in [0.15, 0.2) is 0 Å². The number of furan rings is 1. The van der Waals surface area contributed by atoms with Crippen LogP contribution in [0.5, 0.6) is 0 Å². The Labute approximate surface area is 179 Å². The highest BCUT2D eigenvalue weighted by atomic mass is 32.1. The van der Waals surface area contributed by atoms with Crippen molar-refractivity contribution < 1.29 is 9.21 Å². The van der Waals surface area contributed by atoms with E-state index in [1.165, 1.54) is 27.2 Å². The van der Waals surface area contributed by atoms with E-state index in [-0.39, 0.29) is 24.1 Å². The van der Waals surface area contributed by atoms with E-state index in [9.17, 15) is 9.59 Å². The molecule has 152 valence electrons. The summed E-state index contributed by atoms with van der Waals surface area (Å²) in [4.78, 5) is 33.3. The fourth-order valence-electron chi connectivity index (χ4n) is 3.55. The summed E-state index contributed by atoms with van der Waals surface area (Å²) in [6.07, 6.45) is 4.45. The Balaban J connectivity index is 1.47. The molecule has 1 aliphatic rings. The quantitative estimate of drug-likeness (QED) is 0.471. The Hall–Kier alpha value is -3.04. The van der Waals surface area contributed by atoms with Crippen molar-refractivity contribution in [1.29, 1.82) is 0 Å². The lowest BCUT2D eigenvalue weighted by Crippen LogP contribution is -2.33. The van der Waals surface area contributed by atoms with E-state index >= 15 is 0 Å². The zero-order chi connectivity index (χ0) is 20.7. The van der Waals surface area contributed by atoms with Crippen molar-refractivity contribution in [1.82, 2.24) is 14.6 Å². The van der Waals surface area contributed by atoms with E-state index in [4.69, 9.17) is 4.42 Å². The average Bonchev–Trinajstić information content (AvgIpc) is 3.55. The van der Waals surface area contributed by atoms with Crippen LogP contribution in [0.3, 0.4) is 0 Å². The molecule has 4 aromatic heterocycles. The zero-order valence-corrected chi connectivity index (χ0v) is 17.8. The summed E-state index contributed by atoms with van der Waals surface area (Å²) in [5.74, 6) is 0.390. The molecule has 1 aliphatic heterocycles. The molecule has 7 nitrogen and oxygen atoms in total. The molecule has 0 aromatic carbocycles. The lowest BCUT2D eigenvalue weighted by atomic mass is 10.1. The second-order valence-corrected chi connectivity index (χ2v) is 9.05. The monoisotopic (exact) mass is 438 g/mol. The number of aromatic nitrogens is 2. The number of hydrogen-bond donors (Lipinski definition) is 0. The van der Waals surface area contributed by atoms with Crippen LogP contribution in [-0.4, -0.2) is 26.2 Å². The van der Waals surface area contributed by atoms with Crippen LogP contribution in [-0.2, 0) is 17.8 Å². The highest BCUT2D eigenvalue weighted by Gasteiger charge is 2.34. The summed E-state index contributed by atoms with van der Waals surface area (Å²) in [6, 6.07) is 9.24. The fraction of sp³-hybridized carbons (Fsp3) is 0.238. The van der Waals surface area contributed by atoms with Crippen LogP contribution in [0.25, 0.3) is 10.2 Å². The molecule has 0 radical (unpaired) electrons. The summed E-state index contributed by atoms with van der Waals surface area (Å²) in [6.45, 7) is 1.93. The number of thiophene rings is 2. The number of hydrazone groups is 1. The number of aryl methyl sites for hydroxylation is 1. The Morgan fingerprint density at radius 1 is 1.33 bits per heavy atom. The minimum atomic E-state index is -0.260. The van der Waals surface area contributed by atoms with E-state index in [1.54, 1.807) is 23.7 Å². The standard InChI is InChI=1S/C21H18N4O3S2/c1-2-13-9-14-20(30-13)22-12-24(21(14)27)11-19(26)25-16(18-6-4-8-29-18)10-15(23-25)17-5-3-7-28-17/h3-9,12,16H,2,10-11H2,1H3. The molecule has 4 aromatic rings. The van der Waals surface area contributed by atoms with Gasteiger partial charge in [-0.05, 0) is 36.1 Å². The molecular formula is C21H18N4O3S2. The molecule has 5 rings (SSSR count). The third kappa shape index (κ3) is 3.29. The smallest absolute Gasteiger partial charge is 0.263 e. The molecule has 0 N–H and O–H groups in total. The second kappa shape index (κ2) is 7.66. The first-order valence-electron chi connectivity index (χ1n) is 9.58. The molecule has 1 atom stereocenters. The van der Waals surface area contributed by atoms with Crippen LogP contribution >= 0.6 is 22.7 Å². The van der Waals surface area contributed by atoms with Crippen LogP contribution in [0, 0.1) is 0 Å². The van der Waals surface area contributed by atoms with E-state index < -0.39 is 0 Å². The van der Waals surface area contributed by atoms with Gasteiger partial charge in [0.2, 0.25) is 0 Å². The molecule has 1 unspecified atom stereocenters. The summed E-state index contributed by atoms with van der Waals surface area (Å²) in [5, 5.41) is 8.57. The first kappa shape index (κ1) is 19.0. The first-order valence-corrected chi connectivity index (χ1v) is 11.3. The van der Waals surface area contributed by atoms with Crippen LogP contribution in [0.15, 0.2) is 62.6 Å². The number of carbonyl (C=O) groups excluding carboxylic acids is 1. The van der Waals surface area contributed by atoms with Gasteiger partial charge in [-0.15, -0.1) is 22.7 Å². The van der Waals surface area contributed by atoms with E-state index in [0.717, 1.165) is 21.9 Å². The third-order valence-corrected chi connectivity index (χ3v) is 7.23. The molecule has 0 spiro atoms. The van der Waals surface area contributed by atoms with E-state index in [0.29, 0.717) is 22.4 Å². The molecule has 1 amide bonds. The molecule has 0 aliphatic carbocycles. The summed E-state index contributed by atoms with van der Waals surface area (Å²) in [7, 11) is 0. The van der Waals surface area contributed by atoms with Gasteiger partial charge in [0, 0.05) is 16.2 Å². The van der Waals surface area contributed by atoms with E-state index in [1.807, 2.05) is 36.6 Å². The molecule has 5 heterocycles. The Kier molecular flexibility index (Phi) is 4.84. The van der Waals surface area contributed by atoms with E-state index in [2.05, 4.69) is 10.1 Å². The normalized spacial score (nSPS) is 16.4. The third-order valence-electron chi connectivity index (χ3n) is 5.07. The van der Waals surface area contributed by atoms with Crippen molar-refractivity contribution in [3.63, 3.8) is 0 Å². The topological polar surface area (TPSA) is 80.7 Å². The first-order chi connectivity index (χ1) is 14.6. The average molecular weight is 439 g/mol. The van der Waals surface area contributed by atoms with Gasteiger partial charge < -0.3 is 4.42 Å². The van der Waals surface area contributed by atoms with Gasteiger partial charge in [-0.2, -0.15) is 5.10 Å². The molecule has 0 saturated carbocycles. The number of nitrogens with zero attached hydrogens (tertiary/aromatic N) is 4. The maximum absolute atomic E-state index is 13.2. The number of carbonyl (C=O) groups is 1. The minimum absolute atomic E-state index is 0.115. The molecule has 0 bridgehead atoms. The second-order valence-electron chi connectivity index (χ2n) is 6.96. The number of fused-ring (bicyclic) bond motifs is 1. The maximum Gasteiger partial charge on any atom is 0.263 e.